The Kier molecular flexibility index (Phi) is 3.55. The van der Waals surface area contributed by atoms with Crippen molar-refractivity contribution in [2.45, 2.75) is 19.9 Å². The molecule has 100 valence electrons. The number of carbonyl (C=O) groups is 1. The summed E-state index contributed by atoms with van der Waals surface area (Å²) in [4.78, 5) is 11.4. The summed E-state index contributed by atoms with van der Waals surface area (Å²) in [6.45, 7) is 3.93. The van der Waals surface area contributed by atoms with Gasteiger partial charge in [-0.2, -0.15) is 0 Å². The minimum atomic E-state index is -0.515. The molecular formula is C14H16FN3O. The summed E-state index contributed by atoms with van der Waals surface area (Å²) in [6, 6.07) is 6.30. The predicted octanol–water partition coefficient (Wildman–Crippen LogP) is 2.54. The van der Waals surface area contributed by atoms with Crippen LogP contribution in [0.2, 0.25) is 0 Å². The summed E-state index contributed by atoms with van der Waals surface area (Å²) in [6.07, 6.45) is 3.33. The molecule has 4 nitrogen and oxygen atoms in total. The first-order chi connectivity index (χ1) is 8.97. The van der Waals surface area contributed by atoms with E-state index < -0.39 is 5.91 Å². The zero-order valence-electron chi connectivity index (χ0n) is 10.9. The summed E-state index contributed by atoms with van der Waals surface area (Å²) < 4.78 is 14.9. The van der Waals surface area contributed by atoms with Gasteiger partial charge in [-0.25, -0.2) is 4.39 Å². The van der Waals surface area contributed by atoms with Crippen LogP contribution < -0.4 is 11.1 Å². The third-order valence-corrected chi connectivity index (χ3v) is 2.64. The lowest BCUT2D eigenvalue weighted by atomic mass is 10.2. The average molecular weight is 261 g/mol. The van der Waals surface area contributed by atoms with Gasteiger partial charge in [-0.05, 0) is 32.0 Å². The fourth-order valence-electron chi connectivity index (χ4n) is 1.86. The number of benzene rings is 1. The molecule has 19 heavy (non-hydrogen) atoms. The fraction of sp³-hybridized carbons (Fsp3) is 0.214. The second-order valence-corrected chi connectivity index (χ2v) is 4.64. The van der Waals surface area contributed by atoms with Gasteiger partial charge in [0, 0.05) is 24.1 Å². The summed E-state index contributed by atoms with van der Waals surface area (Å²) in [5.41, 5.74) is 7.02. The van der Waals surface area contributed by atoms with E-state index in [2.05, 4.69) is 5.32 Å². The molecule has 0 atom stereocenters. The number of hydrogen-bond donors (Lipinski definition) is 2. The predicted molar refractivity (Wildman–Crippen MR) is 73.0 cm³/mol. The number of nitrogens with two attached hydrogens (primary N) is 1. The van der Waals surface area contributed by atoms with Gasteiger partial charge in [0.15, 0.2) is 0 Å². The highest BCUT2D eigenvalue weighted by Crippen LogP contribution is 2.21. The molecular weight excluding hydrogens is 245 g/mol. The van der Waals surface area contributed by atoms with Gasteiger partial charge in [0.1, 0.15) is 5.82 Å². The maximum atomic E-state index is 13.2. The Morgan fingerprint density at radius 1 is 1.37 bits per heavy atom. The number of carbonyl (C=O) groups excluding carboxylic acids is 1. The molecule has 0 aliphatic carbocycles. The number of aromatic nitrogens is 1. The molecule has 0 aliphatic heterocycles. The Bertz CT molecular complexity index is 604. The van der Waals surface area contributed by atoms with Gasteiger partial charge in [-0.15, -0.1) is 0 Å². The van der Waals surface area contributed by atoms with Crippen LogP contribution >= 0.6 is 0 Å². The van der Waals surface area contributed by atoms with Crippen LogP contribution in [0.3, 0.4) is 0 Å². The largest absolute Gasteiger partial charge is 0.381 e. The number of hydrogen-bond acceptors (Lipinski definition) is 2. The zero-order valence-corrected chi connectivity index (χ0v) is 10.9. The van der Waals surface area contributed by atoms with E-state index in [1.54, 1.807) is 29.1 Å². The van der Waals surface area contributed by atoms with Crippen molar-refractivity contribution < 1.29 is 9.18 Å². The van der Waals surface area contributed by atoms with Gasteiger partial charge in [0.05, 0.1) is 11.3 Å². The number of nitrogens with zero attached hydrogens (tertiary/aromatic N) is 1. The third kappa shape index (κ3) is 2.93. The summed E-state index contributed by atoms with van der Waals surface area (Å²) in [5.74, 6) is -0.844. The summed E-state index contributed by atoms with van der Waals surface area (Å²) in [7, 11) is 0. The molecule has 0 unspecified atom stereocenters. The minimum absolute atomic E-state index is 0.168. The van der Waals surface area contributed by atoms with Crippen LogP contribution in [0.25, 0.3) is 5.69 Å². The van der Waals surface area contributed by atoms with Crippen LogP contribution in [-0.4, -0.2) is 16.5 Å². The van der Waals surface area contributed by atoms with Crippen molar-refractivity contribution in [2.24, 2.45) is 5.73 Å². The Balaban J connectivity index is 2.45. The summed E-state index contributed by atoms with van der Waals surface area (Å²) in [5, 5.41) is 3.14. The molecule has 0 fully saturated rings. The number of primary amides is 1. The van der Waals surface area contributed by atoms with Gasteiger partial charge in [-0.3, -0.25) is 4.79 Å². The molecule has 0 saturated heterocycles. The molecule has 1 aromatic carbocycles. The van der Waals surface area contributed by atoms with E-state index in [1.807, 2.05) is 13.8 Å². The molecule has 1 aromatic heterocycles. The van der Waals surface area contributed by atoms with Gasteiger partial charge >= 0.3 is 0 Å². The maximum absolute atomic E-state index is 13.2. The SMILES string of the molecule is CC(C)Nc1cn(-c2cccc(F)c2)cc1C(N)=O. The molecule has 3 N–H and O–H groups in total. The first-order valence-electron chi connectivity index (χ1n) is 6.01. The van der Waals surface area contributed by atoms with E-state index >= 15 is 0 Å². The Labute approximate surface area is 111 Å². The third-order valence-electron chi connectivity index (χ3n) is 2.64. The Morgan fingerprint density at radius 2 is 2.11 bits per heavy atom. The maximum Gasteiger partial charge on any atom is 0.252 e. The number of rotatable bonds is 4. The first kappa shape index (κ1) is 13.1. The average Bonchev–Trinajstić information content (AvgIpc) is 2.72. The monoisotopic (exact) mass is 261 g/mol. The lowest BCUT2D eigenvalue weighted by molar-refractivity contribution is 0.100. The molecule has 0 saturated carbocycles. The number of nitrogens with one attached hydrogen (secondary N) is 1. The molecule has 2 rings (SSSR count). The highest BCUT2D eigenvalue weighted by Gasteiger charge is 2.13. The van der Waals surface area contributed by atoms with Crippen molar-refractivity contribution in [1.82, 2.24) is 4.57 Å². The van der Waals surface area contributed by atoms with Crippen molar-refractivity contribution >= 4 is 11.6 Å². The van der Waals surface area contributed by atoms with Gasteiger partial charge < -0.3 is 15.6 Å². The van der Waals surface area contributed by atoms with Crippen LogP contribution in [0.15, 0.2) is 36.7 Å². The number of halogens is 1. The van der Waals surface area contributed by atoms with Gasteiger partial charge in [-0.1, -0.05) is 6.07 Å². The molecule has 0 aliphatic rings. The lowest BCUT2D eigenvalue weighted by Gasteiger charge is -2.08. The van der Waals surface area contributed by atoms with E-state index in [-0.39, 0.29) is 11.9 Å². The second kappa shape index (κ2) is 5.14. The van der Waals surface area contributed by atoms with E-state index in [0.717, 1.165) is 0 Å². The first-order valence-corrected chi connectivity index (χ1v) is 6.01. The van der Waals surface area contributed by atoms with Crippen LogP contribution in [-0.2, 0) is 0 Å². The molecule has 2 aromatic rings. The van der Waals surface area contributed by atoms with Crippen LogP contribution in [0.4, 0.5) is 10.1 Å². The second-order valence-electron chi connectivity index (χ2n) is 4.64. The normalized spacial score (nSPS) is 10.7. The Hall–Kier alpha value is -2.30. The van der Waals surface area contributed by atoms with Crippen molar-refractivity contribution in [2.75, 3.05) is 5.32 Å². The van der Waals surface area contributed by atoms with Crippen molar-refractivity contribution in [3.05, 3.63) is 48.0 Å². The van der Waals surface area contributed by atoms with E-state index in [9.17, 15) is 9.18 Å². The van der Waals surface area contributed by atoms with Crippen molar-refractivity contribution in [1.29, 1.82) is 0 Å². The molecule has 1 amide bonds. The van der Waals surface area contributed by atoms with E-state index in [4.69, 9.17) is 5.73 Å². The van der Waals surface area contributed by atoms with E-state index in [0.29, 0.717) is 16.9 Å². The molecule has 0 spiro atoms. The lowest BCUT2D eigenvalue weighted by Crippen LogP contribution is -2.16. The van der Waals surface area contributed by atoms with Crippen molar-refractivity contribution in [3.63, 3.8) is 0 Å². The molecule has 0 radical (unpaired) electrons. The topological polar surface area (TPSA) is 60.1 Å². The minimum Gasteiger partial charge on any atom is -0.381 e. The Morgan fingerprint density at radius 3 is 2.68 bits per heavy atom. The standard InChI is InChI=1S/C14H16FN3O/c1-9(2)17-13-8-18(7-12(13)14(16)19)11-5-3-4-10(15)6-11/h3-9,17H,1-2H3,(H2,16,19). The van der Waals surface area contributed by atoms with Crippen LogP contribution in [0.1, 0.15) is 24.2 Å². The van der Waals surface area contributed by atoms with Gasteiger partial charge in [0.2, 0.25) is 0 Å². The van der Waals surface area contributed by atoms with E-state index in [1.165, 1.54) is 12.1 Å². The molecule has 0 bridgehead atoms. The quantitative estimate of drug-likeness (QED) is 0.888. The smallest absolute Gasteiger partial charge is 0.252 e. The molecule has 1 heterocycles. The number of anilines is 1. The highest BCUT2D eigenvalue weighted by atomic mass is 19.1. The van der Waals surface area contributed by atoms with Crippen molar-refractivity contribution in [3.8, 4) is 5.69 Å². The highest BCUT2D eigenvalue weighted by molar-refractivity contribution is 5.98. The molecule has 5 heteroatoms. The zero-order chi connectivity index (χ0) is 14.0. The number of amides is 1. The fourth-order valence-corrected chi connectivity index (χ4v) is 1.86. The van der Waals surface area contributed by atoms with Crippen LogP contribution in [0.5, 0.6) is 0 Å². The van der Waals surface area contributed by atoms with Crippen LogP contribution in [0, 0.1) is 5.82 Å². The summed E-state index contributed by atoms with van der Waals surface area (Å²) >= 11 is 0. The van der Waals surface area contributed by atoms with Gasteiger partial charge in [0.25, 0.3) is 5.91 Å².